The molecular formula is C22H26O6. The van der Waals surface area contributed by atoms with Gasteiger partial charge in [-0.15, -0.1) is 6.58 Å². The molecule has 0 aromatic heterocycles. The molecule has 1 spiro atoms. The maximum Gasteiger partial charge on any atom is 0.203 e. The van der Waals surface area contributed by atoms with Gasteiger partial charge in [0.2, 0.25) is 5.75 Å². The number of ketones is 1. The smallest absolute Gasteiger partial charge is 0.203 e. The van der Waals surface area contributed by atoms with E-state index in [1.165, 1.54) is 0 Å². The van der Waals surface area contributed by atoms with Crippen molar-refractivity contribution in [3.05, 3.63) is 42.2 Å². The van der Waals surface area contributed by atoms with Crippen LogP contribution < -0.4 is 14.2 Å². The zero-order valence-corrected chi connectivity index (χ0v) is 16.7. The fraction of sp³-hybridized carbons (Fsp3) is 0.500. The first-order valence-corrected chi connectivity index (χ1v) is 9.41. The van der Waals surface area contributed by atoms with Gasteiger partial charge in [-0.05, 0) is 30.5 Å². The van der Waals surface area contributed by atoms with Crippen molar-refractivity contribution in [2.24, 2.45) is 11.3 Å². The number of hydrogen-bond acceptors (Lipinski definition) is 6. The van der Waals surface area contributed by atoms with Crippen molar-refractivity contribution in [2.45, 2.75) is 31.3 Å². The Balaban J connectivity index is 1.92. The summed E-state index contributed by atoms with van der Waals surface area (Å²) in [5.41, 5.74) is -0.260. The highest BCUT2D eigenvalue weighted by Gasteiger charge is 2.68. The molecule has 0 N–H and O–H groups in total. The molecule has 2 aliphatic carbocycles. The Morgan fingerprint density at radius 3 is 2.46 bits per heavy atom. The number of carbonyl (C=O) groups is 1. The Hall–Kier alpha value is -2.47. The summed E-state index contributed by atoms with van der Waals surface area (Å²) in [6.07, 6.45) is 4.60. The largest absolute Gasteiger partial charge is 0.493 e. The van der Waals surface area contributed by atoms with Crippen molar-refractivity contribution >= 4 is 5.78 Å². The number of hydrogen-bond donors (Lipinski definition) is 0. The number of rotatable bonds is 6. The monoisotopic (exact) mass is 386 g/mol. The molecule has 2 bridgehead atoms. The molecule has 150 valence electrons. The molecule has 3 aliphatic rings. The summed E-state index contributed by atoms with van der Waals surface area (Å²) in [5.74, 6) is 2.30. The van der Waals surface area contributed by atoms with Gasteiger partial charge in [0.05, 0.1) is 21.3 Å². The maximum absolute atomic E-state index is 13.3. The van der Waals surface area contributed by atoms with E-state index in [0.717, 1.165) is 5.56 Å². The van der Waals surface area contributed by atoms with Gasteiger partial charge in [0.25, 0.3) is 0 Å². The van der Waals surface area contributed by atoms with Crippen LogP contribution in [-0.4, -0.2) is 39.5 Å². The molecule has 4 rings (SSSR count). The van der Waals surface area contributed by atoms with Crippen molar-refractivity contribution in [1.82, 2.24) is 0 Å². The number of carbonyl (C=O) groups excluding carboxylic acids is 1. The molecule has 0 radical (unpaired) electrons. The van der Waals surface area contributed by atoms with Crippen LogP contribution in [0.4, 0.5) is 0 Å². The third-order valence-corrected chi connectivity index (χ3v) is 6.66. The number of fused-ring (bicyclic) bond motifs is 1. The van der Waals surface area contributed by atoms with E-state index in [4.69, 9.17) is 23.7 Å². The van der Waals surface area contributed by atoms with Gasteiger partial charge in [-0.25, -0.2) is 0 Å². The van der Waals surface area contributed by atoms with Crippen LogP contribution in [0.2, 0.25) is 0 Å². The van der Waals surface area contributed by atoms with Crippen molar-refractivity contribution < 1.29 is 28.5 Å². The minimum Gasteiger partial charge on any atom is -0.493 e. The molecular weight excluding hydrogens is 360 g/mol. The van der Waals surface area contributed by atoms with E-state index in [1.54, 1.807) is 27.4 Å². The van der Waals surface area contributed by atoms with E-state index < -0.39 is 11.0 Å². The number of ether oxygens (including phenoxy) is 5. The van der Waals surface area contributed by atoms with Gasteiger partial charge in [-0.3, -0.25) is 4.79 Å². The Kier molecular flexibility index (Phi) is 4.42. The second kappa shape index (κ2) is 6.55. The first-order chi connectivity index (χ1) is 13.5. The Bertz CT molecular complexity index is 834. The van der Waals surface area contributed by atoms with E-state index >= 15 is 0 Å². The highest BCUT2D eigenvalue weighted by molar-refractivity contribution is 5.99. The van der Waals surface area contributed by atoms with E-state index in [0.29, 0.717) is 35.8 Å². The van der Waals surface area contributed by atoms with Crippen LogP contribution in [0, 0.1) is 11.3 Å². The summed E-state index contributed by atoms with van der Waals surface area (Å²) >= 11 is 0. The molecule has 1 heterocycles. The molecule has 6 nitrogen and oxygen atoms in total. The Morgan fingerprint density at radius 2 is 1.89 bits per heavy atom. The Labute approximate surface area is 165 Å². The van der Waals surface area contributed by atoms with E-state index in [-0.39, 0.29) is 24.4 Å². The zero-order chi connectivity index (χ0) is 20.1. The summed E-state index contributed by atoms with van der Waals surface area (Å²) in [6, 6.07) is 3.88. The lowest BCUT2D eigenvalue weighted by Crippen LogP contribution is -2.39. The quantitative estimate of drug-likeness (QED) is 0.696. The number of allylic oxidation sites excluding steroid dienone is 2. The molecule has 28 heavy (non-hydrogen) atoms. The van der Waals surface area contributed by atoms with Crippen LogP contribution in [0.1, 0.15) is 31.2 Å². The molecule has 1 saturated heterocycles. The van der Waals surface area contributed by atoms with Crippen molar-refractivity contribution in [1.29, 1.82) is 0 Å². The van der Waals surface area contributed by atoms with E-state index in [9.17, 15) is 4.79 Å². The fourth-order valence-corrected chi connectivity index (χ4v) is 5.49. The van der Waals surface area contributed by atoms with Gasteiger partial charge in [0, 0.05) is 23.3 Å². The van der Waals surface area contributed by atoms with Crippen LogP contribution in [0.3, 0.4) is 0 Å². The standard InChI is InChI=1S/C22H26O6/c1-6-7-21-11-22(18(10-17(21)23)27-12-28-22)13(2)19(21)14-8-15(24-3)20(26-5)16(9-14)25-4/h6,8-10,13,19H,1,7,11-12H2,2-5H3. The second-order valence-corrected chi connectivity index (χ2v) is 7.72. The predicted molar refractivity (Wildman–Crippen MR) is 103 cm³/mol. The molecule has 2 fully saturated rings. The number of methoxy groups -OCH3 is 3. The molecule has 0 amide bonds. The first kappa shape index (κ1) is 18.9. The molecule has 4 unspecified atom stereocenters. The molecule has 1 aromatic carbocycles. The fourth-order valence-electron chi connectivity index (χ4n) is 5.49. The van der Waals surface area contributed by atoms with Crippen LogP contribution in [0.5, 0.6) is 17.2 Å². The minimum atomic E-state index is -0.636. The van der Waals surface area contributed by atoms with Crippen molar-refractivity contribution in [3.8, 4) is 17.2 Å². The van der Waals surface area contributed by atoms with Gasteiger partial charge in [-0.2, -0.15) is 0 Å². The molecule has 6 heteroatoms. The summed E-state index contributed by atoms with van der Waals surface area (Å²) in [6.45, 7) is 6.22. The maximum atomic E-state index is 13.3. The van der Waals surface area contributed by atoms with E-state index in [2.05, 4.69) is 13.5 Å². The average Bonchev–Trinajstić information content (AvgIpc) is 3.20. The highest BCUT2D eigenvalue weighted by atomic mass is 16.7. The topological polar surface area (TPSA) is 63.2 Å². The van der Waals surface area contributed by atoms with E-state index in [1.807, 2.05) is 18.2 Å². The third-order valence-electron chi connectivity index (χ3n) is 6.66. The SMILES string of the molecule is C=CCC12CC3(OCOC3=CC1=O)C(C)C2c1cc(OC)c(OC)c(OC)c1. The lowest BCUT2D eigenvalue weighted by atomic mass is 9.67. The zero-order valence-electron chi connectivity index (χ0n) is 16.7. The van der Waals surface area contributed by atoms with Crippen LogP contribution in [-0.2, 0) is 14.3 Å². The van der Waals surface area contributed by atoms with Gasteiger partial charge >= 0.3 is 0 Å². The normalized spacial score (nSPS) is 33.0. The highest BCUT2D eigenvalue weighted by Crippen LogP contribution is 2.67. The van der Waals surface area contributed by atoms with Crippen molar-refractivity contribution in [3.63, 3.8) is 0 Å². The summed E-state index contributed by atoms with van der Waals surface area (Å²) < 4.78 is 28.4. The minimum absolute atomic E-state index is 0.0236. The third kappa shape index (κ3) is 2.27. The van der Waals surface area contributed by atoms with Gasteiger partial charge < -0.3 is 23.7 Å². The van der Waals surface area contributed by atoms with Gasteiger partial charge in [-0.1, -0.05) is 13.0 Å². The summed E-state index contributed by atoms with van der Waals surface area (Å²) in [5, 5.41) is 0. The summed E-state index contributed by atoms with van der Waals surface area (Å²) in [7, 11) is 4.76. The average molecular weight is 386 g/mol. The first-order valence-electron chi connectivity index (χ1n) is 9.41. The molecule has 1 saturated carbocycles. The molecule has 1 aromatic rings. The van der Waals surface area contributed by atoms with Crippen LogP contribution >= 0.6 is 0 Å². The van der Waals surface area contributed by atoms with Crippen molar-refractivity contribution in [2.75, 3.05) is 28.1 Å². The predicted octanol–water partition coefficient (Wildman–Crippen LogP) is 3.61. The molecule has 4 atom stereocenters. The van der Waals surface area contributed by atoms with Crippen LogP contribution in [0.25, 0.3) is 0 Å². The molecule has 1 aliphatic heterocycles. The lowest BCUT2D eigenvalue weighted by molar-refractivity contribution is -0.126. The number of benzene rings is 1. The second-order valence-electron chi connectivity index (χ2n) is 7.72. The Morgan fingerprint density at radius 1 is 1.21 bits per heavy atom. The van der Waals surface area contributed by atoms with Gasteiger partial charge in [0.15, 0.2) is 24.1 Å². The lowest BCUT2D eigenvalue weighted by Gasteiger charge is -2.35. The van der Waals surface area contributed by atoms with Gasteiger partial charge in [0.1, 0.15) is 11.4 Å². The van der Waals surface area contributed by atoms with Crippen LogP contribution in [0.15, 0.2) is 36.6 Å². The summed E-state index contributed by atoms with van der Waals surface area (Å²) in [4.78, 5) is 13.3.